The number of fused-ring (bicyclic) bond motifs is 1. The van der Waals surface area contributed by atoms with Crippen molar-refractivity contribution in [1.82, 2.24) is 10.2 Å². The molecule has 3 atom stereocenters. The third-order valence-corrected chi connectivity index (χ3v) is 5.79. The molecule has 24 heavy (non-hydrogen) atoms. The van der Waals surface area contributed by atoms with Crippen molar-refractivity contribution in [2.24, 2.45) is 11.8 Å². The van der Waals surface area contributed by atoms with Crippen LogP contribution in [0.5, 0.6) is 0 Å². The van der Waals surface area contributed by atoms with Crippen LogP contribution in [0.3, 0.4) is 0 Å². The van der Waals surface area contributed by atoms with Crippen molar-refractivity contribution in [2.45, 2.75) is 44.6 Å². The standard InChI is InChI=1S/C19H25ClN2O2/c1-22(17-9-14-11-18(23)21-12-15(14)10-17)19(24)4-2-3-13-5-7-16(20)8-6-13/h5-8,14-15,17H,2-4,9-12H2,1H3,(H,21,23)/t14-,15+,17-/m1/s1. The van der Waals surface area contributed by atoms with Gasteiger partial charge in [0.25, 0.3) is 0 Å². The number of piperidine rings is 1. The second kappa shape index (κ2) is 7.56. The first-order valence-corrected chi connectivity index (χ1v) is 9.17. The number of amides is 2. The molecule has 2 aliphatic rings. The SMILES string of the molecule is CN(C(=O)CCCc1ccc(Cl)cc1)[C@H]1C[C@H]2CNC(=O)C[C@H]2C1. The maximum atomic E-state index is 12.5. The van der Waals surface area contributed by atoms with Crippen LogP contribution in [0, 0.1) is 11.8 Å². The van der Waals surface area contributed by atoms with Gasteiger partial charge in [-0.3, -0.25) is 9.59 Å². The monoisotopic (exact) mass is 348 g/mol. The molecule has 0 aromatic heterocycles. The fourth-order valence-electron chi connectivity index (χ4n) is 4.03. The van der Waals surface area contributed by atoms with E-state index in [2.05, 4.69) is 5.32 Å². The zero-order valence-electron chi connectivity index (χ0n) is 14.1. The zero-order chi connectivity index (χ0) is 17.1. The highest BCUT2D eigenvalue weighted by Crippen LogP contribution is 2.38. The van der Waals surface area contributed by atoms with E-state index in [4.69, 9.17) is 11.6 Å². The summed E-state index contributed by atoms with van der Waals surface area (Å²) in [5.74, 6) is 1.37. The Morgan fingerprint density at radius 2 is 1.96 bits per heavy atom. The molecule has 1 heterocycles. The van der Waals surface area contributed by atoms with Gasteiger partial charge in [0.2, 0.25) is 11.8 Å². The Kier molecular flexibility index (Phi) is 5.44. The van der Waals surface area contributed by atoms with Gasteiger partial charge in [0.15, 0.2) is 0 Å². The van der Waals surface area contributed by atoms with Gasteiger partial charge in [-0.1, -0.05) is 23.7 Å². The van der Waals surface area contributed by atoms with E-state index in [0.29, 0.717) is 24.7 Å². The van der Waals surface area contributed by atoms with Crippen molar-refractivity contribution in [3.63, 3.8) is 0 Å². The van der Waals surface area contributed by atoms with Crippen molar-refractivity contribution in [3.8, 4) is 0 Å². The highest BCUT2D eigenvalue weighted by Gasteiger charge is 2.40. The molecule has 1 aliphatic heterocycles. The number of rotatable bonds is 5. The molecule has 1 saturated carbocycles. The van der Waals surface area contributed by atoms with E-state index >= 15 is 0 Å². The summed E-state index contributed by atoms with van der Waals surface area (Å²) in [6, 6.07) is 8.10. The number of carbonyl (C=O) groups is 2. The van der Waals surface area contributed by atoms with Gasteiger partial charge < -0.3 is 10.2 Å². The molecule has 2 fully saturated rings. The van der Waals surface area contributed by atoms with Gasteiger partial charge in [-0.2, -0.15) is 0 Å². The van der Waals surface area contributed by atoms with Crippen molar-refractivity contribution in [2.75, 3.05) is 13.6 Å². The molecule has 5 heteroatoms. The molecule has 1 aliphatic carbocycles. The molecular weight excluding hydrogens is 324 g/mol. The Morgan fingerprint density at radius 3 is 2.71 bits per heavy atom. The smallest absolute Gasteiger partial charge is 0.222 e. The summed E-state index contributed by atoms with van der Waals surface area (Å²) in [5.41, 5.74) is 1.21. The van der Waals surface area contributed by atoms with Crippen molar-refractivity contribution in [3.05, 3.63) is 34.9 Å². The fraction of sp³-hybridized carbons (Fsp3) is 0.579. The molecule has 0 radical (unpaired) electrons. The van der Waals surface area contributed by atoms with Crippen LogP contribution in [-0.4, -0.2) is 36.3 Å². The summed E-state index contributed by atoms with van der Waals surface area (Å²) in [5, 5.41) is 3.69. The van der Waals surface area contributed by atoms with E-state index in [9.17, 15) is 9.59 Å². The van der Waals surface area contributed by atoms with Gasteiger partial charge >= 0.3 is 0 Å². The first kappa shape index (κ1) is 17.3. The second-order valence-corrected chi connectivity index (χ2v) is 7.57. The molecule has 0 unspecified atom stereocenters. The molecule has 2 amide bonds. The average Bonchev–Trinajstić information content (AvgIpc) is 2.98. The van der Waals surface area contributed by atoms with E-state index in [1.807, 2.05) is 36.2 Å². The number of hydrogen-bond acceptors (Lipinski definition) is 2. The molecule has 0 spiro atoms. The summed E-state index contributed by atoms with van der Waals surface area (Å²) < 4.78 is 0. The largest absolute Gasteiger partial charge is 0.356 e. The maximum Gasteiger partial charge on any atom is 0.222 e. The van der Waals surface area contributed by atoms with E-state index in [1.165, 1.54) is 5.56 Å². The number of nitrogens with one attached hydrogen (secondary N) is 1. The quantitative estimate of drug-likeness (QED) is 0.889. The molecular formula is C19H25ClN2O2. The number of halogens is 1. The lowest BCUT2D eigenvalue weighted by molar-refractivity contribution is -0.132. The lowest BCUT2D eigenvalue weighted by Crippen LogP contribution is -2.38. The molecule has 0 bridgehead atoms. The summed E-state index contributed by atoms with van der Waals surface area (Å²) in [7, 11) is 1.92. The van der Waals surface area contributed by atoms with Crippen LogP contribution in [0.4, 0.5) is 0 Å². The molecule has 3 rings (SSSR count). The van der Waals surface area contributed by atoms with Crippen LogP contribution >= 0.6 is 11.6 Å². The predicted octanol–water partition coefficient (Wildman–Crippen LogP) is 3.04. The molecule has 1 N–H and O–H groups in total. The lowest BCUT2D eigenvalue weighted by atomic mass is 9.89. The number of aryl methyl sites for hydroxylation is 1. The van der Waals surface area contributed by atoms with Crippen LogP contribution in [0.1, 0.15) is 37.7 Å². The molecule has 1 aromatic rings. The molecule has 1 aromatic carbocycles. The molecule has 4 nitrogen and oxygen atoms in total. The Hall–Kier alpha value is -1.55. The number of nitrogens with zero attached hydrogens (tertiary/aromatic N) is 1. The summed E-state index contributed by atoms with van der Waals surface area (Å²) in [6.45, 7) is 0.776. The normalized spacial score (nSPS) is 25.9. The number of hydrogen-bond donors (Lipinski definition) is 1. The van der Waals surface area contributed by atoms with Crippen molar-refractivity contribution in [1.29, 1.82) is 0 Å². The Balaban J connectivity index is 1.45. The molecule has 130 valence electrons. The van der Waals surface area contributed by atoms with Crippen LogP contribution < -0.4 is 5.32 Å². The Morgan fingerprint density at radius 1 is 1.25 bits per heavy atom. The second-order valence-electron chi connectivity index (χ2n) is 7.14. The van der Waals surface area contributed by atoms with Crippen molar-refractivity contribution < 1.29 is 9.59 Å². The zero-order valence-corrected chi connectivity index (χ0v) is 14.9. The minimum absolute atomic E-state index is 0.161. The van der Waals surface area contributed by atoms with Crippen LogP contribution in [0.25, 0.3) is 0 Å². The van der Waals surface area contributed by atoms with Crippen molar-refractivity contribution >= 4 is 23.4 Å². The van der Waals surface area contributed by atoms with Gasteiger partial charge in [0, 0.05) is 37.5 Å². The van der Waals surface area contributed by atoms with Gasteiger partial charge in [0.05, 0.1) is 0 Å². The topological polar surface area (TPSA) is 49.4 Å². The van der Waals surface area contributed by atoms with Gasteiger partial charge in [-0.15, -0.1) is 0 Å². The lowest BCUT2D eigenvalue weighted by Gasteiger charge is -2.25. The average molecular weight is 349 g/mol. The minimum atomic E-state index is 0.161. The first-order valence-electron chi connectivity index (χ1n) is 8.79. The third kappa shape index (κ3) is 4.10. The number of carbonyl (C=O) groups excluding carboxylic acids is 2. The first-order chi connectivity index (χ1) is 11.5. The van der Waals surface area contributed by atoms with E-state index < -0.39 is 0 Å². The third-order valence-electron chi connectivity index (χ3n) is 5.54. The van der Waals surface area contributed by atoms with Crippen LogP contribution in [0.15, 0.2) is 24.3 Å². The highest BCUT2D eigenvalue weighted by molar-refractivity contribution is 6.30. The Bertz CT molecular complexity index is 602. The van der Waals surface area contributed by atoms with Gasteiger partial charge in [0.1, 0.15) is 0 Å². The van der Waals surface area contributed by atoms with Gasteiger partial charge in [-0.25, -0.2) is 0 Å². The summed E-state index contributed by atoms with van der Waals surface area (Å²) in [4.78, 5) is 25.9. The van der Waals surface area contributed by atoms with Gasteiger partial charge in [-0.05, 0) is 55.2 Å². The summed E-state index contributed by atoms with van der Waals surface area (Å²) >= 11 is 5.88. The molecule has 1 saturated heterocycles. The number of benzene rings is 1. The highest BCUT2D eigenvalue weighted by atomic mass is 35.5. The van der Waals surface area contributed by atoms with Crippen LogP contribution in [0.2, 0.25) is 5.02 Å². The minimum Gasteiger partial charge on any atom is -0.356 e. The summed E-state index contributed by atoms with van der Waals surface area (Å²) in [6.07, 6.45) is 4.93. The predicted molar refractivity (Wildman–Crippen MR) is 94.8 cm³/mol. The van der Waals surface area contributed by atoms with E-state index in [-0.39, 0.29) is 17.9 Å². The maximum absolute atomic E-state index is 12.5. The Labute approximate surface area is 148 Å². The van der Waals surface area contributed by atoms with E-state index in [1.54, 1.807) is 0 Å². The van der Waals surface area contributed by atoms with Crippen LogP contribution in [-0.2, 0) is 16.0 Å². The fourth-order valence-corrected chi connectivity index (χ4v) is 4.15. The van der Waals surface area contributed by atoms with E-state index in [0.717, 1.165) is 37.3 Å².